The summed E-state index contributed by atoms with van der Waals surface area (Å²) in [7, 11) is -4.66. The van der Waals surface area contributed by atoms with Crippen molar-refractivity contribution >= 4 is 32.6 Å². The van der Waals surface area contributed by atoms with E-state index in [1.807, 2.05) is 22.6 Å². The second kappa shape index (κ2) is 10.2. The highest BCUT2D eigenvalue weighted by atomic mass is 127. The number of nitrogens with zero attached hydrogens (tertiary/aromatic N) is 1. The minimum absolute atomic E-state index is 0.0141. The normalized spacial score (nSPS) is 18.3. The predicted molar refractivity (Wildman–Crippen MR) is 96.4 cm³/mol. The molecule has 1 heterocycles. The summed E-state index contributed by atoms with van der Waals surface area (Å²) >= 11 is 1.82. The Kier molecular flexibility index (Phi) is 9.47. The topological polar surface area (TPSA) is 46.6 Å². The minimum Gasteiger partial charge on any atom is -0.379 e. The highest BCUT2D eigenvalue weighted by Gasteiger charge is 2.47. The van der Waals surface area contributed by atoms with E-state index in [1.54, 1.807) is 0 Å². The van der Waals surface area contributed by atoms with Crippen molar-refractivity contribution in [1.82, 2.24) is 4.31 Å². The van der Waals surface area contributed by atoms with Gasteiger partial charge in [0.1, 0.15) is 0 Å². The number of hydrogen-bond acceptors (Lipinski definition) is 3. The van der Waals surface area contributed by atoms with Crippen molar-refractivity contribution in [3.63, 3.8) is 0 Å². The Hall–Kier alpha value is 0.200. The number of sulfonamides is 1. The molecule has 0 radical (unpaired) electrons. The van der Waals surface area contributed by atoms with Crippen LogP contribution in [0.25, 0.3) is 0 Å². The fourth-order valence-corrected chi connectivity index (χ4v) is 4.61. The number of halogens is 3. The van der Waals surface area contributed by atoms with Crippen LogP contribution >= 0.6 is 22.6 Å². The number of unbranched alkanes of at least 4 members (excludes halogenated alkanes) is 5. The summed E-state index contributed by atoms with van der Waals surface area (Å²) in [6.45, 7) is 2.43. The van der Waals surface area contributed by atoms with Gasteiger partial charge in [0.15, 0.2) is 0 Å². The lowest BCUT2D eigenvalue weighted by molar-refractivity contribution is 0.0634. The van der Waals surface area contributed by atoms with Crippen LogP contribution in [0.3, 0.4) is 0 Å². The third-order valence-electron chi connectivity index (χ3n) is 3.75. The van der Waals surface area contributed by atoms with E-state index in [0.717, 1.165) is 23.6 Å². The van der Waals surface area contributed by atoms with Crippen molar-refractivity contribution in [2.24, 2.45) is 0 Å². The quantitative estimate of drug-likeness (QED) is 0.357. The van der Waals surface area contributed by atoms with E-state index in [9.17, 15) is 17.2 Å². The zero-order valence-corrected chi connectivity index (χ0v) is 16.5. The summed E-state index contributed by atoms with van der Waals surface area (Å²) in [5, 5.41) is -3.86. The first-order valence-corrected chi connectivity index (χ1v) is 10.7. The molecule has 4 nitrogen and oxygen atoms in total. The number of rotatable bonds is 10. The number of hydrogen-bond donors (Lipinski definition) is 0. The first-order chi connectivity index (χ1) is 10.8. The lowest BCUT2D eigenvalue weighted by Gasteiger charge is -2.28. The van der Waals surface area contributed by atoms with Gasteiger partial charge in [0, 0.05) is 19.2 Å². The minimum atomic E-state index is -4.66. The van der Waals surface area contributed by atoms with E-state index in [1.165, 1.54) is 19.3 Å². The molecule has 0 aromatic heterocycles. The van der Waals surface area contributed by atoms with Crippen LogP contribution < -0.4 is 0 Å². The highest BCUT2D eigenvalue weighted by Crippen LogP contribution is 2.31. The number of morpholine rings is 1. The van der Waals surface area contributed by atoms with E-state index >= 15 is 0 Å². The molecule has 0 unspecified atom stereocenters. The Labute approximate surface area is 151 Å². The van der Waals surface area contributed by atoms with E-state index in [-0.39, 0.29) is 26.3 Å². The predicted octanol–water partition coefficient (Wildman–Crippen LogP) is 4.31. The molecule has 0 aliphatic carbocycles. The van der Waals surface area contributed by atoms with E-state index in [4.69, 9.17) is 4.74 Å². The Morgan fingerprint density at radius 3 is 2.35 bits per heavy atom. The summed E-state index contributed by atoms with van der Waals surface area (Å²) in [5.41, 5.74) is 0. The molecule has 0 aromatic carbocycles. The summed E-state index contributed by atoms with van der Waals surface area (Å²) in [5.74, 6) is 0. The maximum atomic E-state index is 14.2. The molecular weight excluding hydrogens is 439 g/mol. The molecule has 1 saturated heterocycles. The van der Waals surface area contributed by atoms with Gasteiger partial charge in [0.2, 0.25) is 0 Å². The van der Waals surface area contributed by atoms with Crippen LogP contribution in [0.15, 0.2) is 9.66 Å². The number of allylic oxidation sites excluding steroid dienone is 1. The molecule has 1 aliphatic heterocycles. The van der Waals surface area contributed by atoms with Crippen LogP contribution in [0.2, 0.25) is 0 Å². The molecule has 23 heavy (non-hydrogen) atoms. The molecule has 8 heteroatoms. The molecule has 0 aromatic rings. The molecule has 1 aliphatic rings. The van der Waals surface area contributed by atoms with Gasteiger partial charge in [-0.25, -0.2) is 8.42 Å². The van der Waals surface area contributed by atoms with Gasteiger partial charge < -0.3 is 4.74 Å². The van der Waals surface area contributed by atoms with E-state index in [2.05, 4.69) is 6.92 Å². The summed E-state index contributed by atoms with van der Waals surface area (Å²) < 4.78 is 58.7. The molecular formula is C15H26F2INO3S. The monoisotopic (exact) mass is 465 g/mol. The van der Waals surface area contributed by atoms with Crippen LogP contribution in [-0.4, -0.2) is 44.3 Å². The van der Waals surface area contributed by atoms with Crippen LogP contribution in [0, 0.1) is 0 Å². The molecule has 0 bridgehead atoms. The molecule has 136 valence electrons. The van der Waals surface area contributed by atoms with Gasteiger partial charge in [0.25, 0.3) is 10.0 Å². The van der Waals surface area contributed by atoms with E-state index in [0.29, 0.717) is 16.1 Å². The van der Waals surface area contributed by atoms with Crippen molar-refractivity contribution in [3.05, 3.63) is 9.66 Å². The second-order valence-electron chi connectivity index (χ2n) is 5.69. The van der Waals surface area contributed by atoms with Crippen molar-refractivity contribution in [2.45, 2.75) is 57.1 Å². The van der Waals surface area contributed by atoms with Crippen molar-refractivity contribution in [3.8, 4) is 0 Å². The van der Waals surface area contributed by atoms with Gasteiger partial charge in [-0.05, 0) is 39.0 Å². The fourth-order valence-electron chi connectivity index (χ4n) is 2.36. The van der Waals surface area contributed by atoms with Crippen molar-refractivity contribution in [1.29, 1.82) is 0 Å². The molecule has 0 N–H and O–H groups in total. The third-order valence-corrected chi connectivity index (χ3v) is 6.45. The Bertz CT molecular complexity index is 477. The lowest BCUT2D eigenvalue weighted by Crippen LogP contribution is -2.47. The van der Waals surface area contributed by atoms with Gasteiger partial charge in [-0.3, -0.25) is 0 Å². The summed E-state index contributed by atoms with van der Waals surface area (Å²) in [6, 6.07) is 0. The summed E-state index contributed by atoms with van der Waals surface area (Å²) in [4.78, 5) is 0. The van der Waals surface area contributed by atoms with Gasteiger partial charge in [-0.15, -0.1) is 0 Å². The number of ether oxygens (including phenoxy) is 1. The largest absolute Gasteiger partial charge is 0.379 e. The zero-order chi connectivity index (χ0) is 17.3. The first-order valence-electron chi connectivity index (χ1n) is 8.13. The second-order valence-corrected chi connectivity index (χ2v) is 9.08. The first kappa shape index (κ1) is 21.2. The van der Waals surface area contributed by atoms with Crippen molar-refractivity contribution < 1.29 is 21.9 Å². The van der Waals surface area contributed by atoms with Gasteiger partial charge in [0.05, 0.1) is 13.2 Å². The average molecular weight is 465 g/mol. The molecule has 1 rings (SSSR count). The van der Waals surface area contributed by atoms with Gasteiger partial charge in [-0.2, -0.15) is 13.1 Å². The highest BCUT2D eigenvalue weighted by molar-refractivity contribution is 14.1. The van der Waals surface area contributed by atoms with Gasteiger partial charge in [-0.1, -0.05) is 39.0 Å². The maximum Gasteiger partial charge on any atom is 0.378 e. The van der Waals surface area contributed by atoms with Gasteiger partial charge >= 0.3 is 5.25 Å². The maximum absolute atomic E-state index is 14.2. The van der Waals surface area contributed by atoms with Crippen LogP contribution in [-0.2, 0) is 14.8 Å². The van der Waals surface area contributed by atoms with Crippen LogP contribution in [0.1, 0.15) is 51.9 Å². The molecule has 0 saturated carbocycles. The Morgan fingerprint density at radius 2 is 1.74 bits per heavy atom. The standard InChI is InChI=1S/C15H26F2INO3S/c1-2-3-4-5-6-7-8-14(18)13-15(16,17)23(20,21)19-9-11-22-12-10-19/h13H,2-12H2,1H3. The van der Waals surface area contributed by atoms with Crippen molar-refractivity contribution in [2.75, 3.05) is 26.3 Å². The Balaban J connectivity index is 2.53. The SMILES string of the molecule is CCCCCCCCC(I)=CC(F)(F)S(=O)(=O)N1CCOCC1. The zero-order valence-electron chi connectivity index (χ0n) is 13.6. The third kappa shape index (κ3) is 6.91. The summed E-state index contributed by atoms with van der Waals surface area (Å²) in [6.07, 6.45) is 7.53. The molecule has 1 fully saturated rings. The fraction of sp³-hybridized carbons (Fsp3) is 0.867. The van der Waals surface area contributed by atoms with E-state index < -0.39 is 15.3 Å². The molecule has 0 amide bonds. The van der Waals surface area contributed by atoms with Crippen LogP contribution in [0.5, 0.6) is 0 Å². The average Bonchev–Trinajstić information content (AvgIpc) is 2.51. The van der Waals surface area contributed by atoms with Crippen LogP contribution in [0.4, 0.5) is 8.78 Å². The lowest BCUT2D eigenvalue weighted by atomic mass is 10.1. The smallest absolute Gasteiger partial charge is 0.378 e. The Morgan fingerprint density at radius 1 is 1.17 bits per heavy atom. The molecule has 0 spiro atoms. The molecule has 0 atom stereocenters. The number of alkyl halides is 2.